The largest absolute Gasteiger partial charge is 0.449 e. The Hall–Kier alpha value is -2.67. The van der Waals surface area contributed by atoms with Crippen molar-refractivity contribution < 1.29 is 22.4 Å². The Balaban J connectivity index is 3.03. The first-order valence-corrected chi connectivity index (χ1v) is 8.47. The Morgan fingerprint density at radius 2 is 2.18 bits per heavy atom. The summed E-state index contributed by atoms with van der Waals surface area (Å²) in [6, 6.07) is 1.14. The molecule has 1 aliphatic heterocycles. The van der Waals surface area contributed by atoms with Gasteiger partial charge in [0, 0.05) is 25.7 Å². The normalized spacial score (nSPS) is 23.9. The Morgan fingerprint density at radius 3 is 2.64 bits per heavy atom. The SMILES string of the molecule is C=C/N=C(\N(C)C(C/C=C\C(=C)F)NC(=O)C1C[C@@H](C#N)[C@H](C)N1)C(F)(F)F. The van der Waals surface area contributed by atoms with Gasteiger partial charge in [-0.2, -0.15) is 18.4 Å². The molecule has 10 heteroatoms. The standard InChI is InChI=1S/C18H23F4N5O/c1-5-24-17(18(20,21)22)27(4)15(8-6-7-11(2)19)26-16(28)14-9-13(10-23)12(3)25-14/h5-7,12-15,25H,1-2,8-9H2,3-4H3,(H,26,28)/b7-6-,24-17-/t12-,13-,14?,15?/m0/s1. The van der Waals surface area contributed by atoms with Gasteiger partial charge in [-0.05, 0) is 19.4 Å². The first-order valence-electron chi connectivity index (χ1n) is 8.47. The smallest absolute Gasteiger partial charge is 0.335 e. The van der Waals surface area contributed by atoms with Crippen LogP contribution in [0.25, 0.3) is 0 Å². The molecule has 2 unspecified atom stereocenters. The fraction of sp³-hybridized carbons (Fsp3) is 0.500. The number of allylic oxidation sites excluding steroid dienone is 2. The van der Waals surface area contributed by atoms with Gasteiger partial charge in [0.1, 0.15) is 12.0 Å². The van der Waals surface area contributed by atoms with Crippen molar-refractivity contribution in [3.05, 3.63) is 37.3 Å². The minimum Gasteiger partial charge on any atom is -0.335 e. The molecule has 0 radical (unpaired) electrons. The van der Waals surface area contributed by atoms with Crippen molar-refractivity contribution in [2.24, 2.45) is 10.9 Å². The maximum atomic E-state index is 13.3. The van der Waals surface area contributed by atoms with Gasteiger partial charge in [-0.25, -0.2) is 9.38 Å². The van der Waals surface area contributed by atoms with Crippen LogP contribution in [0.3, 0.4) is 0 Å². The number of amides is 1. The molecule has 0 aromatic carbocycles. The van der Waals surface area contributed by atoms with Gasteiger partial charge in [0.2, 0.25) is 11.7 Å². The molecule has 0 saturated carbocycles. The summed E-state index contributed by atoms with van der Waals surface area (Å²) in [4.78, 5) is 16.5. The number of carbonyl (C=O) groups is 1. The average Bonchev–Trinajstić information content (AvgIpc) is 2.97. The van der Waals surface area contributed by atoms with Gasteiger partial charge >= 0.3 is 6.18 Å². The first-order chi connectivity index (χ1) is 13.0. The van der Waals surface area contributed by atoms with Crippen LogP contribution in [0, 0.1) is 17.2 Å². The molecule has 1 aliphatic rings. The molecule has 0 spiro atoms. The quantitative estimate of drug-likeness (QED) is 0.226. The lowest BCUT2D eigenvalue weighted by Crippen LogP contribution is -2.55. The fourth-order valence-electron chi connectivity index (χ4n) is 2.81. The third-order valence-electron chi connectivity index (χ3n) is 4.28. The molecule has 1 saturated heterocycles. The maximum Gasteiger partial charge on any atom is 0.449 e. The van der Waals surface area contributed by atoms with Crippen molar-refractivity contribution in [2.45, 2.75) is 44.2 Å². The molecule has 0 aliphatic carbocycles. The van der Waals surface area contributed by atoms with E-state index in [0.29, 0.717) is 0 Å². The van der Waals surface area contributed by atoms with E-state index in [1.54, 1.807) is 6.92 Å². The molecule has 0 aromatic rings. The lowest BCUT2D eigenvalue weighted by molar-refractivity contribution is -0.124. The lowest BCUT2D eigenvalue weighted by Gasteiger charge is -2.32. The van der Waals surface area contributed by atoms with Gasteiger partial charge in [0.15, 0.2) is 0 Å². The van der Waals surface area contributed by atoms with E-state index in [9.17, 15) is 22.4 Å². The number of hydrogen-bond donors (Lipinski definition) is 2. The van der Waals surface area contributed by atoms with Crippen molar-refractivity contribution in [1.82, 2.24) is 15.5 Å². The van der Waals surface area contributed by atoms with Crippen LogP contribution in [0.2, 0.25) is 0 Å². The highest BCUT2D eigenvalue weighted by Gasteiger charge is 2.41. The van der Waals surface area contributed by atoms with Gasteiger partial charge in [0.05, 0.1) is 18.0 Å². The van der Waals surface area contributed by atoms with Gasteiger partial charge in [-0.3, -0.25) is 4.79 Å². The third kappa shape index (κ3) is 6.49. The number of amidine groups is 1. The van der Waals surface area contributed by atoms with E-state index >= 15 is 0 Å². The molecule has 0 aromatic heterocycles. The van der Waals surface area contributed by atoms with Crippen LogP contribution < -0.4 is 10.6 Å². The molecular weight excluding hydrogens is 378 g/mol. The van der Waals surface area contributed by atoms with Crippen molar-refractivity contribution >= 4 is 11.7 Å². The predicted molar refractivity (Wildman–Crippen MR) is 97.5 cm³/mol. The molecule has 154 valence electrons. The second-order valence-corrected chi connectivity index (χ2v) is 6.33. The van der Waals surface area contributed by atoms with Crippen LogP contribution in [0.15, 0.2) is 42.3 Å². The minimum absolute atomic E-state index is 0.138. The molecule has 0 bridgehead atoms. The molecule has 2 N–H and O–H groups in total. The number of rotatable bonds is 7. The zero-order valence-corrected chi connectivity index (χ0v) is 15.6. The van der Waals surface area contributed by atoms with Crippen molar-refractivity contribution in [1.29, 1.82) is 5.26 Å². The Labute approximate surface area is 161 Å². The van der Waals surface area contributed by atoms with Crippen molar-refractivity contribution in [2.75, 3.05) is 7.05 Å². The number of carbonyl (C=O) groups excluding carboxylic acids is 1. The number of nitrogens with zero attached hydrogens (tertiary/aromatic N) is 3. The third-order valence-corrected chi connectivity index (χ3v) is 4.28. The van der Waals surface area contributed by atoms with E-state index in [-0.39, 0.29) is 24.8 Å². The predicted octanol–water partition coefficient (Wildman–Crippen LogP) is 2.78. The van der Waals surface area contributed by atoms with Crippen LogP contribution in [0.5, 0.6) is 0 Å². The van der Waals surface area contributed by atoms with E-state index in [0.717, 1.165) is 24.2 Å². The summed E-state index contributed by atoms with van der Waals surface area (Å²) in [6.07, 6.45) is -2.85. The summed E-state index contributed by atoms with van der Waals surface area (Å²) in [5, 5.41) is 14.5. The van der Waals surface area contributed by atoms with Crippen molar-refractivity contribution in [3.63, 3.8) is 0 Å². The summed E-state index contributed by atoms with van der Waals surface area (Å²) in [6.45, 7) is 7.96. The molecule has 4 atom stereocenters. The highest BCUT2D eigenvalue weighted by Crippen LogP contribution is 2.23. The summed E-state index contributed by atoms with van der Waals surface area (Å²) in [5.41, 5.74) is 0. The molecular formula is C18H23F4N5O. The zero-order valence-electron chi connectivity index (χ0n) is 15.6. The summed E-state index contributed by atoms with van der Waals surface area (Å²) >= 11 is 0. The maximum absolute atomic E-state index is 13.3. The lowest BCUT2D eigenvalue weighted by atomic mass is 10.0. The molecule has 1 rings (SSSR count). The second kappa shape index (κ2) is 10.0. The molecule has 28 heavy (non-hydrogen) atoms. The molecule has 6 nitrogen and oxygen atoms in total. The number of alkyl halides is 3. The van der Waals surface area contributed by atoms with Crippen LogP contribution in [-0.2, 0) is 4.79 Å². The minimum atomic E-state index is -4.79. The summed E-state index contributed by atoms with van der Waals surface area (Å²) < 4.78 is 52.7. The van der Waals surface area contributed by atoms with E-state index in [2.05, 4.69) is 34.9 Å². The topological polar surface area (TPSA) is 80.5 Å². The summed E-state index contributed by atoms with van der Waals surface area (Å²) in [7, 11) is 1.11. The zero-order chi connectivity index (χ0) is 21.5. The Kier molecular flexibility index (Phi) is 8.37. The van der Waals surface area contributed by atoms with E-state index < -0.39 is 36.0 Å². The number of nitrogens with one attached hydrogen (secondary N) is 2. The summed E-state index contributed by atoms with van der Waals surface area (Å²) in [5.74, 6) is -2.97. The number of nitriles is 1. The van der Waals surface area contributed by atoms with Gasteiger partial charge in [-0.15, -0.1) is 0 Å². The fourth-order valence-corrected chi connectivity index (χ4v) is 2.81. The van der Waals surface area contributed by atoms with Crippen LogP contribution in [0.1, 0.15) is 19.8 Å². The highest BCUT2D eigenvalue weighted by molar-refractivity contribution is 5.89. The van der Waals surface area contributed by atoms with E-state index in [1.165, 1.54) is 6.08 Å². The van der Waals surface area contributed by atoms with Gasteiger partial charge in [0.25, 0.3) is 0 Å². The molecule has 1 heterocycles. The van der Waals surface area contributed by atoms with Crippen LogP contribution >= 0.6 is 0 Å². The second-order valence-electron chi connectivity index (χ2n) is 6.33. The van der Waals surface area contributed by atoms with E-state index in [4.69, 9.17) is 5.26 Å². The monoisotopic (exact) mass is 401 g/mol. The van der Waals surface area contributed by atoms with Gasteiger partial charge in [-0.1, -0.05) is 19.2 Å². The molecule has 1 amide bonds. The first kappa shape index (κ1) is 23.4. The highest BCUT2D eigenvalue weighted by atomic mass is 19.4. The number of halogens is 4. The number of hydrogen-bond acceptors (Lipinski definition) is 4. The van der Waals surface area contributed by atoms with Gasteiger partial charge < -0.3 is 15.5 Å². The molecule has 1 fully saturated rings. The Morgan fingerprint density at radius 1 is 1.54 bits per heavy atom. The Bertz CT molecular complexity index is 695. The van der Waals surface area contributed by atoms with E-state index in [1.807, 2.05) is 0 Å². The average molecular weight is 401 g/mol. The van der Waals surface area contributed by atoms with Crippen LogP contribution in [-0.4, -0.2) is 48.1 Å². The number of aliphatic imine (C=N–C) groups is 1. The van der Waals surface area contributed by atoms with Crippen molar-refractivity contribution in [3.8, 4) is 6.07 Å². The van der Waals surface area contributed by atoms with Crippen LogP contribution in [0.4, 0.5) is 17.6 Å².